The highest BCUT2D eigenvalue weighted by Gasteiger charge is 2.13. The maximum Gasteiger partial charge on any atom is 0.131 e. The summed E-state index contributed by atoms with van der Waals surface area (Å²) in [6, 6.07) is 10.3. The Hall–Kier alpha value is -1.81. The SMILES string of the molecule is Clc1ccccc1CNc1cc(NC2CCCCC2)ncn1. The summed E-state index contributed by atoms with van der Waals surface area (Å²) in [5.74, 6) is 1.71. The van der Waals surface area contributed by atoms with Gasteiger partial charge in [-0.15, -0.1) is 0 Å². The Balaban J connectivity index is 1.60. The largest absolute Gasteiger partial charge is 0.367 e. The highest BCUT2D eigenvalue weighted by atomic mass is 35.5. The minimum absolute atomic E-state index is 0.542. The van der Waals surface area contributed by atoms with Crippen molar-refractivity contribution in [1.82, 2.24) is 9.97 Å². The fourth-order valence-electron chi connectivity index (χ4n) is 2.82. The van der Waals surface area contributed by atoms with Crippen molar-refractivity contribution < 1.29 is 0 Å². The molecule has 3 rings (SSSR count). The van der Waals surface area contributed by atoms with Crippen LogP contribution in [0.3, 0.4) is 0 Å². The van der Waals surface area contributed by atoms with Crippen LogP contribution in [0.4, 0.5) is 11.6 Å². The molecule has 0 unspecified atom stereocenters. The Morgan fingerprint density at radius 1 is 1.05 bits per heavy atom. The summed E-state index contributed by atoms with van der Waals surface area (Å²) >= 11 is 6.17. The smallest absolute Gasteiger partial charge is 0.131 e. The molecule has 0 amide bonds. The van der Waals surface area contributed by atoms with Gasteiger partial charge in [0.05, 0.1) is 0 Å². The molecule has 0 radical (unpaired) electrons. The number of hydrogen-bond donors (Lipinski definition) is 2. The quantitative estimate of drug-likeness (QED) is 0.853. The van der Waals surface area contributed by atoms with Gasteiger partial charge in [-0.25, -0.2) is 9.97 Å². The summed E-state index contributed by atoms with van der Waals surface area (Å²) in [6.45, 7) is 0.652. The van der Waals surface area contributed by atoms with E-state index in [-0.39, 0.29) is 0 Å². The highest BCUT2D eigenvalue weighted by Crippen LogP contribution is 2.22. The molecule has 0 bridgehead atoms. The van der Waals surface area contributed by atoms with Gasteiger partial charge in [-0.05, 0) is 24.5 Å². The van der Waals surface area contributed by atoms with Crippen molar-refractivity contribution in [2.45, 2.75) is 44.7 Å². The summed E-state index contributed by atoms with van der Waals surface area (Å²) in [5.41, 5.74) is 1.06. The second-order valence-electron chi connectivity index (χ2n) is 5.71. The van der Waals surface area contributed by atoms with Crippen LogP contribution in [0.5, 0.6) is 0 Å². The molecule has 1 fully saturated rings. The fourth-order valence-corrected chi connectivity index (χ4v) is 3.02. The van der Waals surface area contributed by atoms with Crippen LogP contribution in [0, 0.1) is 0 Å². The molecule has 1 aromatic carbocycles. The molecule has 1 saturated carbocycles. The Kier molecular flexibility index (Phi) is 5.11. The number of hydrogen-bond acceptors (Lipinski definition) is 4. The summed E-state index contributed by atoms with van der Waals surface area (Å²) in [5, 5.41) is 7.59. The first-order chi connectivity index (χ1) is 10.8. The first-order valence-corrected chi connectivity index (χ1v) is 8.25. The van der Waals surface area contributed by atoms with Gasteiger partial charge in [0.15, 0.2) is 0 Å². The van der Waals surface area contributed by atoms with Crippen LogP contribution in [-0.4, -0.2) is 16.0 Å². The number of halogens is 1. The van der Waals surface area contributed by atoms with Gasteiger partial charge in [0, 0.05) is 23.7 Å². The molecule has 1 aliphatic carbocycles. The first-order valence-electron chi connectivity index (χ1n) is 7.87. The molecule has 1 aromatic heterocycles. The zero-order valence-corrected chi connectivity index (χ0v) is 13.3. The minimum Gasteiger partial charge on any atom is -0.367 e. The third-order valence-corrected chi connectivity index (χ3v) is 4.41. The van der Waals surface area contributed by atoms with Crippen molar-refractivity contribution in [2.24, 2.45) is 0 Å². The monoisotopic (exact) mass is 316 g/mol. The van der Waals surface area contributed by atoms with Gasteiger partial charge in [0.2, 0.25) is 0 Å². The van der Waals surface area contributed by atoms with Crippen LogP contribution in [0.1, 0.15) is 37.7 Å². The van der Waals surface area contributed by atoms with E-state index in [4.69, 9.17) is 11.6 Å². The Morgan fingerprint density at radius 2 is 1.82 bits per heavy atom. The molecule has 22 heavy (non-hydrogen) atoms. The average Bonchev–Trinajstić information content (AvgIpc) is 2.55. The lowest BCUT2D eigenvalue weighted by Crippen LogP contribution is -2.22. The second-order valence-corrected chi connectivity index (χ2v) is 6.12. The lowest BCUT2D eigenvalue weighted by atomic mass is 9.95. The molecule has 0 atom stereocenters. The van der Waals surface area contributed by atoms with Crippen LogP contribution in [0.2, 0.25) is 5.02 Å². The predicted octanol–water partition coefficient (Wildman–Crippen LogP) is 4.49. The fraction of sp³-hybridized carbons (Fsp3) is 0.412. The Bertz CT molecular complexity index is 611. The van der Waals surface area contributed by atoms with E-state index >= 15 is 0 Å². The van der Waals surface area contributed by atoms with Gasteiger partial charge < -0.3 is 10.6 Å². The normalized spacial score (nSPS) is 15.5. The van der Waals surface area contributed by atoms with E-state index in [1.54, 1.807) is 6.33 Å². The van der Waals surface area contributed by atoms with E-state index in [0.29, 0.717) is 12.6 Å². The van der Waals surface area contributed by atoms with Gasteiger partial charge in [0.25, 0.3) is 0 Å². The molecule has 4 nitrogen and oxygen atoms in total. The third-order valence-electron chi connectivity index (χ3n) is 4.04. The van der Waals surface area contributed by atoms with Gasteiger partial charge in [-0.2, -0.15) is 0 Å². The van der Waals surface area contributed by atoms with Gasteiger partial charge >= 0.3 is 0 Å². The number of nitrogens with zero attached hydrogens (tertiary/aromatic N) is 2. The van der Waals surface area contributed by atoms with Gasteiger partial charge in [0.1, 0.15) is 18.0 Å². The van der Waals surface area contributed by atoms with E-state index < -0.39 is 0 Å². The zero-order chi connectivity index (χ0) is 15.2. The predicted molar refractivity (Wildman–Crippen MR) is 91.3 cm³/mol. The molecule has 2 N–H and O–H groups in total. The third kappa shape index (κ3) is 4.10. The number of nitrogens with one attached hydrogen (secondary N) is 2. The van der Waals surface area contributed by atoms with Crippen molar-refractivity contribution in [2.75, 3.05) is 10.6 Å². The molecule has 0 spiro atoms. The van der Waals surface area contributed by atoms with Crippen LogP contribution >= 0.6 is 11.6 Å². The second kappa shape index (κ2) is 7.45. The van der Waals surface area contributed by atoms with Crippen molar-refractivity contribution in [3.8, 4) is 0 Å². The molecule has 0 aliphatic heterocycles. The van der Waals surface area contributed by atoms with E-state index in [1.165, 1.54) is 32.1 Å². The molecule has 1 heterocycles. The van der Waals surface area contributed by atoms with Crippen LogP contribution < -0.4 is 10.6 Å². The Morgan fingerprint density at radius 3 is 2.64 bits per heavy atom. The molecule has 116 valence electrons. The van der Waals surface area contributed by atoms with Crippen LogP contribution in [-0.2, 0) is 6.54 Å². The molecular formula is C17H21ClN4. The van der Waals surface area contributed by atoms with Crippen molar-refractivity contribution in [3.05, 3.63) is 47.2 Å². The van der Waals surface area contributed by atoms with E-state index in [1.807, 2.05) is 30.3 Å². The van der Waals surface area contributed by atoms with Crippen LogP contribution in [0.15, 0.2) is 36.7 Å². The highest BCUT2D eigenvalue weighted by molar-refractivity contribution is 6.31. The molecular weight excluding hydrogens is 296 g/mol. The minimum atomic E-state index is 0.542. The Labute approximate surface area is 136 Å². The molecule has 0 saturated heterocycles. The summed E-state index contributed by atoms with van der Waals surface area (Å²) in [7, 11) is 0. The first kappa shape index (κ1) is 15.1. The maximum atomic E-state index is 6.17. The van der Waals surface area contributed by atoms with Crippen LogP contribution in [0.25, 0.3) is 0 Å². The number of rotatable bonds is 5. The van der Waals surface area contributed by atoms with Gasteiger partial charge in [-0.3, -0.25) is 0 Å². The lowest BCUT2D eigenvalue weighted by Gasteiger charge is -2.23. The lowest BCUT2D eigenvalue weighted by molar-refractivity contribution is 0.462. The van der Waals surface area contributed by atoms with E-state index in [9.17, 15) is 0 Å². The van der Waals surface area contributed by atoms with Gasteiger partial charge in [-0.1, -0.05) is 49.1 Å². The average molecular weight is 317 g/mol. The molecule has 5 heteroatoms. The zero-order valence-electron chi connectivity index (χ0n) is 12.6. The number of benzene rings is 1. The van der Waals surface area contributed by atoms with Crippen molar-refractivity contribution in [1.29, 1.82) is 0 Å². The molecule has 2 aromatic rings. The van der Waals surface area contributed by atoms with E-state index in [0.717, 1.165) is 22.2 Å². The van der Waals surface area contributed by atoms with Crippen molar-refractivity contribution >= 4 is 23.2 Å². The molecule has 1 aliphatic rings. The number of anilines is 2. The number of aromatic nitrogens is 2. The summed E-state index contributed by atoms with van der Waals surface area (Å²) in [6.07, 6.45) is 8.02. The summed E-state index contributed by atoms with van der Waals surface area (Å²) < 4.78 is 0. The van der Waals surface area contributed by atoms with Crippen molar-refractivity contribution in [3.63, 3.8) is 0 Å². The summed E-state index contributed by atoms with van der Waals surface area (Å²) in [4.78, 5) is 8.59. The van der Waals surface area contributed by atoms with E-state index in [2.05, 4.69) is 20.6 Å². The maximum absolute atomic E-state index is 6.17. The standard InChI is InChI=1S/C17H21ClN4/c18-15-9-5-4-6-13(15)11-19-16-10-17(21-12-20-16)22-14-7-2-1-3-8-14/h4-6,9-10,12,14H,1-3,7-8,11H2,(H2,19,20,21,22). The topological polar surface area (TPSA) is 49.8 Å².